The van der Waals surface area contributed by atoms with Crippen molar-refractivity contribution in [1.29, 1.82) is 0 Å². The van der Waals surface area contributed by atoms with E-state index in [1.807, 2.05) is 0 Å². The molecule has 1 rings (SSSR count). The van der Waals surface area contributed by atoms with Crippen LogP contribution in [-0.2, 0) is 4.79 Å². The van der Waals surface area contributed by atoms with Gasteiger partial charge in [-0.05, 0) is 18.3 Å². The Bertz CT molecular complexity index is 168. The van der Waals surface area contributed by atoms with Gasteiger partial charge in [-0.25, -0.2) is 0 Å². The van der Waals surface area contributed by atoms with E-state index in [0.29, 0.717) is 0 Å². The van der Waals surface area contributed by atoms with Crippen molar-refractivity contribution >= 4 is 6.47 Å². The Labute approximate surface area is 107 Å². The molecule has 1 fully saturated rings. The van der Waals surface area contributed by atoms with Crippen LogP contribution in [0.15, 0.2) is 0 Å². The quantitative estimate of drug-likeness (QED) is 0.462. The molecule has 2 atom stereocenters. The van der Waals surface area contributed by atoms with Crippen LogP contribution in [0.3, 0.4) is 0 Å². The van der Waals surface area contributed by atoms with Gasteiger partial charge in [0.1, 0.15) is 0 Å². The van der Waals surface area contributed by atoms with Gasteiger partial charge in [0.05, 0.1) is 0 Å². The summed E-state index contributed by atoms with van der Waals surface area (Å²) in [6, 6.07) is 0. The van der Waals surface area contributed by atoms with Crippen LogP contribution >= 0.6 is 0 Å². The molecule has 1 aliphatic rings. The SMILES string of the molecule is CCCCCCCCCC1CC1CC.O=CO. The Morgan fingerprint density at radius 1 is 1.00 bits per heavy atom. The van der Waals surface area contributed by atoms with Crippen LogP contribution in [0, 0.1) is 11.8 Å². The summed E-state index contributed by atoms with van der Waals surface area (Å²) in [5.74, 6) is 2.26. The molecule has 2 nitrogen and oxygen atoms in total. The monoisotopic (exact) mass is 242 g/mol. The number of unbranched alkanes of at least 4 members (excludes halogenated alkanes) is 6. The Hall–Kier alpha value is -0.530. The van der Waals surface area contributed by atoms with Crippen molar-refractivity contribution < 1.29 is 9.90 Å². The van der Waals surface area contributed by atoms with Crippen LogP contribution in [0.1, 0.15) is 78.1 Å². The fraction of sp³-hybridized carbons (Fsp3) is 0.933. The van der Waals surface area contributed by atoms with Gasteiger partial charge >= 0.3 is 0 Å². The molecule has 102 valence electrons. The summed E-state index contributed by atoms with van der Waals surface area (Å²) in [6.45, 7) is 4.38. The number of hydrogen-bond acceptors (Lipinski definition) is 1. The van der Waals surface area contributed by atoms with E-state index < -0.39 is 0 Å². The van der Waals surface area contributed by atoms with E-state index in [9.17, 15) is 0 Å². The fourth-order valence-electron chi connectivity index (χ4n) is 2.53. The molecule has 17 heavy (non-hydrogen) atoms. The zero-order chi connectivity index (χ0) is 12.9. The summed E-state index contributed by atoms with van der Waals surface area (Å²) in [5.41, 5.74) is 0. The van der Waals surface area contributed by atoms with Crippen molar-refractivity contribution in [2.75, 3.05) is 0 Å². The highest BCUT2D eigenvalue weighted by Gasteiger charge is 2.33. The molecule has 0 aromatic rings. The highest BCUT2D eigenvalue weighted by Crippen LogP contribution is 2.44. The number of carbonyl (C=O) groups is 1. The molecule has 0 spiro atoms. The van der Waals surface area contributed by atoms with Gasteiger partial charge in [-0.15, -0.1) is 0 Å². The van der Waals surface area contributed by atoms with Crippen LogP contribution in [0.25, 0.3) is 0 Å². The van der Waals surface area contributed by atoms with E-state index in [0.717, 1.165) is 11.8 Å². The molecule has 0 aromatic carbocycles. The first kappa shape index (κ1) is 16.5. The van der Waals surface area contributed by atoms with Crippen molar-refractivity contribution in [3.63, 3.8) is 0 Å². The van der Waals surface area contributed by atoms with Crippen LogP contribution in [0.5, 0.6) is 0 Å². The van der Waals surface area contributed by atoms with E-state index in [1.54, 1.807) is 6.42 Å². The molecule has 0 radical (unpaired) electrons. The van der Waals surface area contributed by atoms with Gasteiger partial charge in [0.2, 0.25) is 0 Å². The highest BCUT2D eigenvalue weighted by atomic mass is 16.3. The molecule has 1 N–H and O–H groups in total. The van der Waals surface area contributed by atoms with Crippen molar-refractivity contribution in [3.05, 3.63) is 0 Å². The maximum Gasteiger partial charge on any atom is 0.290 e. The lowest BCUT2D eigenvalue weighted by Gasteiger charge is -2.00. The van der Waals surface area contributed by atoms with Crippen LogP contribution in [0.4, 0.5) is 0 Å². The van der Waals surface area contributed by atoms with Gasteiger partial charge in [0, 0.05) is 0 Å². The summed E-state index contributed by atoms with van der Waals surface area (Å²) in [5, 5.41) is 6.89. The van der Waals surface area contributed by atoms with Crippen molar-refractivity contribution in [1.82, 2.24) is 0 Å². The average molecular weight is 242 g/mol. The molecule has 0 amide bonds. The third-order valence-electron chi connectivity index (χ3n) is 3.77. The van der Waals surface area contributed by atoms with Gasteiger partial charge < -0.3 is 5.11 Å². The molecular weight excluding hydrogens is 212 g/mol. The molecule has 0 saturated heterocycles. The number of carboxylic acid groups (broad SMARTS) is 1. The first-order valence-electron chi connectivity index (χ1n) is 7.37. The predicted molar refractivity (Wildman–Crippen MR) is 73.2 cm³/mol. The Morgan fingerprint density at radius 3 is 2.00 bits per heavy atom. The highest BCUT2D eigenvalue weighted by molar-refractivity contribution is 5.32. The fourth-order valence-corrected chi connectivity index (χ4v) is 2.53. The summed E-state index contributed by atoms with van der Waals surface area (Å²) < 4.78 is 0. The number of rotatable bonds is 9. The smallest absolute Gasteiger partial charge is 0.290 e. The molecular formula is C15H30O2. The zero-order valence-electron chi connectivity index (χ0n) is 11.7. The van der Waals surface area contributed by atoms with E-state index in [2.05, 4.69) is 13.8 Å². The largest absolute Gasteiger partial charge is 0.483 e. The molecule has 1 aliphatic carbocycles. The van der Waals surface area contributed by atoms with Gasteiger partial charge in [-0.1, -0.05) is 71.6 Å². The maximum absolute atomic E-state index is 8.36. The predicted octanol–water partition coefficient (Wildman–Crippen LogP) is 4.87. The Balaban J connectivity index is 0.000000770. The van der Waals surface area contributed by atoms with Gasteiger partial charge in [0.15, 0.2) is 0 Å². The minimum atomic E-state index is -0.250. The molecule has 0 heterocycles. The van der Waals surface area contributed by atoms with E-state index >= 15 is 0 Å². The van der Waals surface area contributed by atoms with Crippen LogP contribution < -0.4 is 0 Å². The average Bonchev–Trinajstić information content (AvgIpc) is 3.08. The normalized spacial score (nSPS) is 21.5. The van der Waals surface area contributed by atoms with Crippen LogP contribution in [0.2, 0.25) is 0 Å². The molecule has 2 heteroatoms. The third-order valence-corrected chi connectivity index (χ3v) is 3.77. The van der Waals surface area contributed by atoms with Crippen molar-refractivity contribution in [3.8, 4) is 0 Å². The second kappa shape index (κ2) is 11.9. The summed E-state index contributed by atoms with van der Waals surface area (Å²) >= 11 is 0. The summed E-state index contributed by atoms with van der Waals surface area (Å²) in [7, 11) is 0. The van der Waals surface area contributed by atoms with Crippen LogP contribution in [-0.4, -0.2) is 11.6 Å². The second-order valence-electron chi connectivity index (χ2n) is 5.18. The first-order valence-corrected chi connectivity index (χ1v) is 7.37. The van der Waals surface area contributed by atoms with Gasteiger partial charge in [-0.2, -0.15) is 0 Å². The third kappa shape index (κ3) is 10.3. The minimum Gasteiger partial charge on any atom is -0.483 e. The van der Waals surface area contributed by atoms with E-state index in [1.165, 1.54) is 57.8 Å². The summed E-state index contributed by atoms with van der Waals surface area (Å²) in [6.07, 6.45) is 14.8. The lowest BCUT2D eigenvalue weighted by atomic mass is 10.1. The molecule has 0 aromatic heterocycles. The first-order chi connectivity index (χ1) is 8.29. The second-order valence-corrected chi connectivity index (χ2v) is 5.18. The summed E-state index contributed by atoms with van der Waals surface area (Å²) in [4.78, 5) is 8.36. The minimum absolute atomic E-state index is 0.250. The lowest BCUT2D eigenvalue weighted by molar-refractivity contribution is -0.122. The van der Waals surface area contributed by atoms with Gasteiger partial charge in [-0.3, -0.25) is 4.79 Å². The topological polar surface area (TPSA) is 37.3 Å². The number of hydrogen-bond donors (Lipinski definition) is 1. The Morgan fingerprint density at radius 2 is 1.53 bits per heavy atom. The molecule has 1 saturated carbocycles. The van der Waals surface area contributed by atoms with Crippen molar-refractivity contribution in [2.45, 2.75) is 78.1 Å². The lowest BCUT2D eigenvalue weighted by Crippen LogP contribution is -1.84. The van der Waals surface area contributed by atoms with Gasteiger partial charge in [0.25, 0.3) is 6.47 Å². The van der Waals surface area contributed by atoms with E-state index in [-0.39, 0.29) is 6.47 Å². The molecule has 0 aliphatic heterocycles. The van der Waals surface area contributed by atoms with E-state index in [4.69, 9.17) is 9.90 Å². The maximum atomic E-state index is 8.36. The zero-order valence-corrected chi connectivity index (χ0v) is 11.7. The van der Waals surface area contributed by atoms with Crippen molar-refractivity contribution in [2.24, 2.45) is 11.8 Å². The Kier molecular flexibility index (Phi) is 11.6. The standard InChI is InChI=1S/C14H28.CH2O2/c1-3-5-6-7-8-9-10-11-14-12-13(14)4-2;2-1-3/h13-14H,3-12H2,1-2H3;1H,(H,2,3). The molecule has 0 bridgehead atoms. The molecule has 2 unspecified atom stereocenters.